The van der Waals surface area contributed by atoms with Crippen LogP contribution in [0.2, 0.25) is 0 Å². The molecule has 2 aliphatic rings. The van der Waals surface area contributed by atoms with E-state index in [1.54, 1.807) is 0 Å². The second kappa shape index (κ2) is 9.62. The SMILES string of the molecule is CNCCCOc1ccc2cc(CC3CCN(C4CCCCC4)C3=O)ccc2c1. The van der Waals surface area contributed by atoms with Crippen LogP contribution in [0, 0.1) is 5.92 Å². The minimum absolute atomic E-state index is 0.157. The number of amides is 1. The van der Waals surface area contributed by atoms with E-state index in [1.165, 1.54) is 48.4 Å². The third-order valence-corrected chi connectivity index (χ3v) is 6.56. The number of rotatable bonds is 8. The molecule has 29 heavy (non-hydrogen) atoms. The van der Waals surface area contributed by atoms with Gasteiger partial charge in [-0.3, -0.25) is 4.79 Å². The predicted molar refractivity (Wildman–Crippen MR) is 118 cm³/mol. The first kappa shape index (κ1) is 20.2. The highest BCUT2D eigenvalue weighted by atomic mass is 16.5. The van der Waals surface area contributed by atoms with Crippen molar-refractivity contribution in [1.82, 2.24) is 10.2 Å². The van der Waals surface area contributed by atoms with E-state index >= 15 is 0 Å². The molecule has 1 aliphatic carbocycles. The summed E-state index contributed by atoms with van der Waals surface area (Å²) in [4.78, 5) is 15.2. The third kappa shape index (κ3) is 4.92. The normalized spacial score (nSPS) is 20.5. The van der Waals surface area contributed by atoms with E-state index in [0.717, 1.165) is 44.7 Å². The van der Waals surface area contributed by atoms with E-state index in [1.807, 2.05) is 7.05 Å². The lowest BCUT2D eigenvalue weighted by molar-refractivity contribution is -0.133. The zero-order valence-electron chi connectivity index (χ0n) is 17.7. The molecule has 0 radical (unpaired) electrons. The van der Waals surface area contributed by atoms with Crippen molar-refractivity contribution >= 4 is 16.7 Å². The van der Waals surface area contributed by atoms with Gasteiger partial charge in [-0.25, -0.2) is 0 Å². The zero-order chi connectivity index (χ0) is 20.1. The summed E-state index contributed by atoms with van der Waals surface area (Å²) in [7, 11) is 1.96. The Balaban J connectivity index is 1.37. The van der Waals surface area contributed by atoms with Crippen molar-refractivity contribution in [3.8, 4) is 5.75 Å². The fourth-order valence-electron chi connectivity index (χ4n) is 4.92. The van der Waals surface area contributed by atoms with Crippen molar-refractivity contribution < 1.29 is 9.53 Å². The maximum absolute atomic E-state index is 13.0. The molecule has 4 heteroatoms. The summed E-state index contributed by atoms with van der Waals surface area (Å²) in [5, 5.41) is 5.55. The molecule has 1 amide bonds. The van der Waals surface area contributed by atoms with Crippen molar-refractivity contribution in [3.63, 3.8) is 0 Å². The van der Waals surface area contributed by atoms with Crippen molar-refractivity contribution in [2.75, 3.05) is 26.7 Å². The fraction of sp³-hybridized carbons (Fsp3) is 0.560. The molecular weight excluding hydrogens is 360 g/mol. The smallest absolute Gasteiger partial charge is 0.226 e. The van der Waals surface area contributed by atoms with Crippen LogP contribution in [0.5, 0.6) is 5.75 Å². The lowest BCUT2D eigenvalue weighted by Crippen LogP contribution is -2.39. The Bertz CT molecular complexity index is 829. The maximum Gasteiger partial charge on any atom is 0.226 e. The average molecular weight is 395 g/mol. The molecule has 2 aromatic carbocycles. The average Bonchev–Trinajstić information content (AvgIpc) is 3.12. The summed E-state index contributed by atoms with van der Waals surface area (Å²) >= 11 is 0. The van der Waals surface area contributed by atoms with Crippen LogP contribution in [0.1, 0.15) is 50.5 Å². The number of likely N-dealkylation sites (tertiary alicyclic amines) is 1. The summed E-state index contributed by atoms with van der Waals surface area (Å²) in [6.45, 7) is 2.65. The van der Waals surface area contributed by atoms with Gasteiger partial charge in [0.15, 0.2) is 0 Å². The monoisotopic (exact) mass is 394 g/mol. The van der Waals surface area contributed by atoms with E-state index in [2.05, 4.69) is 46.6 Å². The highest BCUT2D eigenvalue weighted by Gasteiger charge is 2.36. The van der Waals surface area contributed by atoms with Gasteiger partial charge in [0, 0.05) is 18.5 Å². The molecule has 156 valence electrons. The number of hydrogen-bond donors (Lipinski definition) is 1. The predicted octanol–water partition coefficient (Wildman–Crippen LogP) is 4.55. The van der Waals surface area contributed by atoms with Crippen molar-refractivity contribution in [3.05, 3.63) is 42.0 Å². The van der Waals surface area contributed by atoms with Gasteiger partial charge in [0.2, 0.25) is 5.91 Å². The fourth-order valence-corrected chi connectivity index (χ4v) is 4.92. The van der Waals surface area contributed by atoms with Crippen molar-refractivity contribution in [2.24, 2.45) is 5.92 Å². The Morgan fingerprint density at radius 1 is 1.03 bits per heavy atom. The van der Waals surface area contributed by atoms with E-state index in [-0.39, 0.29) is 5.92 Å². The first-order chi connectivity index (χ1) is 14.2. The van der Waals surface area contributed by atoms with Gasteiger partial charge in [-0.1, -0.05) is 43.5 Å². The molecule has 1 atom stereocenters. The zero-order valence-corrected chi connectivity index (χ0v) is 17.7. The Kier molecular flexibility index (Phi) is 6.70. The van der Waals surface area contributed by atoms with Gasteiger partial charge in [0.25, 0.3) is 0 Å². The van der Waals surface area contributed by atoms with E-state index < -0.39 is 0 Å². The Morgan fingerprint density at radius 3 is 2.66 bits per heavy atom. The van der Waals surface area contributed by atoms with E-state index in [0.29, 0.717) is 11.9 Å². The summed E-state index contributed by atoms with van der Waals surface area (Å²) in [5.74, 6) is 1.47. The molecule has 0 aromatic heterocycles. The van der Waals surface area contributed by atoms with Crippen LogP contribution in [0.4, 0.5) is 0 Å². The van der Waals surface area contributed by atoms with Gasteiger partial charge in [-0.2, -0.15) is 0 Å². The molecule has 1 N–H and O–H groups in total. The van der Waals surface area contributed by atoms with Crippen LogP contribution in [-0.4, -0.2) is 43.6 Å². The summed E-state index contributed by atoms with van der Waals surface area (Å²) < 4.78 is 5.85. The van der Waals surface area contributed by atoms with Crippen LogP contribution < -0.4 is 10.1 Å². The Labute approximate surface area is 174 Å². The second-order valence-corrected chi connectivity index (χ2v) is 8.66. The second-order valence-electron chi connectivity index (χ2n) is 8.66. The minimum Gasteiger partial charge on any atom is -0.494 e. The largest absolute Gasteiger partial charge is 0.494 e. The van der Waals surface area contributed by atoms with Crippen LogP contribution in [0.15, 0.2) is 36.4 Å². The summed E-state index contributed by atoms with van der Waals surface area (Å²) in [6.07, 6.45) is 9.17. The summed E-state index contributed by atoms with van der Waals surface area (Å²) in [5.41, 5.74) is 1.27. The molecule has 0 spiro atoms. The molecule has 1 heterocycles. The number of hydrogen-bond acceptors (Lipinski definition) is 3. The molecule has 2 fully saturated rings. The number of carbonyl (C=O) groups is 1. The molecule has 2 aromatic rings. The first-order valence-corrected chi connectivity index (χ1v) is 11.3. The van der Waals surface area contributed by atoms with Gasteiger partial charge >= 0.3 is 0 Å². The third-order valence-electron chi connectivity index (χ3n) is 6.56. The van der Waals surface area contributed by atoms with Gasteiger partial charge < -0.3 is 15.0 Å². The topological polar surface area (TPSA) is 41.6 Å². The number of carbonyl (C=O) groups excluding carboxylic acids is 1. The Hall–Kier alpha value is -2.07. The lowest BCUT2D eigenvalue weighted by Gasteiger charge is -2.31. The number of ether oxygens (including phenoxy) is 1. The maximum atomic E-state index is 13.0. The highest BCUT2D eigenvalue weighted by molar-refractivity contribution is 5.85. The highest BCUT2D eigenvalue weighted by Crippen LogP contribution is 2.31. The van der Waals surface area contributed by atoms with Crippen LogP contribution in [0.3, 0.4) is 0 Å². The van der Waals surface area contributed by atoms with Crippen molar-refractivity contribution in [2.45, 2.75) is 57.4 Å². The van der Waals surface area contributed by atoms with Gasteiger partial charge in [-0.15, -0.1) is 0 Å². The lowest BCUT2D eigenvalue weighted by atomic mass is 9.93. The molecule has 1 saturated carbocycles. The molecule has 1 saturated heterocycles. The van der Waals surface area contributed by atoms with Crippen LogP contribution in [0.25, 0.3) is 10.8 Å². The van der Waals surface area contributed by atoms with Crippen LogP contribution in [-0.2, 0) is 11.2 Å². The van der Waals surface area contributed by atoms with E-state index in [9.17, 15) is 4.79 Å². The molecule has 4 nitrogen and oxygen atoms in total. The van der Waals surface area contributed by atoms with E-state index in [4.69, 9.17) is 4.74 Å². The minimum atomic E-state index is 0.157. The summed E-state index contributed by atoms with van der Waals surface area (Å²) in [6, 6.07) is 13.4. The molecule has 1 aliphatic heterocycles. The first-order valence-electron chi connectivity index (χ1n) is 11.3. The number of fused-ring (bicyclic) bond motifs is 1. The van der Waals surface area contributed by atoms with Crippen LogP contribution >= 0.6 is 0 Å². The molecule has 1 unspecified atom stereocenters. The van der Waals surface area contributed by atoms with Gasteiger partial charge in [0.1, 0.15) is 5.75 Å². The molecule has 0 bridgehead atoms. The quantitative estimate of drug-likeness (QED) is 0.668. The molecule has 4 rings (SSSR count). The van der Waals surface area contributed by atoms with Crippen molar-refractivity contribution in [1.29, 1.82) is 0 Å². The standard InChI is InChI=1S/C25H34N2O2/c1-26-13-5-15-29-24-11-10-20-16-19(8-9-21(20)18-24)17-22-12-14-27(25(22)28)23-6-3-2-4-7-23/h8-11,16,18,22-23,26H,2-7,12-15,17H2,1H3. The van der Waals surface area contributed by atoms with Gasteiger partial charge in [0.05, 0.1) is 6.61 Å². The Morgan fingerprint density at radius 2 is 1.83 bits per heavy atom. The van der Waals surface area contributed by atoms with Gasteiger partial charge in [-0.05, 0) is 74.2 Å². The number of nitrogens with one attached hydrogen (secondary N) is 1. The number of nitrogens with zero attached hydrogens (tertiary/aromatic N) is 1. The molecular formula is C25H34N2O2. The number of benzene rings is 2.